The molecule has 0 unspecified atom stereocenters. The lowest BCUT2D eigenvalue weighted by Crippen LogP contribution is -1.95. The molecule has 1 nitrogen and oxygen atoms in total. The first kappa shape index (κ1) is 30.2. The van der Waals surface area contributed by atoms with Gasteiger partial charge in [0.25, 0.3) is 0 Å². The summed E-state index contributed by atoms with van der Waals surface area (Å²) in [4.78, 5) is 0. The number of aromatic nitrogens is 1. The Labute approximate surface area is 311 Å². The zero-order chi connectivity index (χ0) is 34.9. The third-order valence-electron chi connectivity index (χ3n) is 11.0. The van der Waals surface area contributed by atoms with Crippen LogP contribution in [0.5, 0.6) is 0 Å². The van der Waals surface area contributed by atoms with E-state index in [1.165, 1.54) is 102 Å². The van der Waals surface area contributed by atoms with Crippen molar-refractivity contribution in [3.8, 4) is 5.69 Å². The Balaban J connectivity index is 1.03. The fourth-order valence-corrected chi connectivity index (χ4v) is 9.64. The molecule has 11 aromatic rings. The molecule has 0 spiro atoms. The van der Waals surface area contributed by atoms with Gasteiger partial charge in [0, 0.05) is 36.6 Å². The minimum atomic E-state index is 0.818. The largest absolute Gasteiger partial charge is 0.309 e. The molecule has 0 amide bonds. The highest BCUT2D eigenvalue weighted by atomic mass is 32.1. The van der Waals surface area contributed by atoms with Crippen LogP contribution < -0.4 is 0 Å². The maximum Gasteiger partial charge on any atom is 0.0543 e. The van der Waals surface area contributed by atoms with Crippen molar-refractivity contribution >= 4 is 97.3 Å². The molecule has 0 aliphatic heterocycles. The van der Waals surface area contributed by atoms with Gasteiger partial charge in [-0.3, -0.25) is 0 Å². The van der Waals surface area contributed by atoms with Gasteiger partial charge in [0.15, 0.2) is 0 Å². The number of allylic oxidation sites excluding steroid dienone is 1. The summed E-state index contributed by atoms with van der Waals surface area (Å²) < 4.78 is 5.11. The standard InChI is InChI=1S/C51H33NS/c1-2-10-35(11-3-1)38(29-33-18-23-41-37(28-33)21-26-42-40-13-5-4-12-36(40)20-25-43(41)42)30-34-19-24-45-44-14-6-8-16-48(44)52(49(45)31-34)39-22-27-47-46-15-7-9-17-50(46)53-51(47)32-39/h1-29,31-32H,30H2/b38-29-. The molecule has 0 radical (unpaired) electrons. The highest BCUT2D eigenvalue weighted by Crippen LogP contribution is 2.39. The van der Waals surface area contributed by atoms with Gasteiger partial charge in [-0.2, -0.15) is 0 Å². The van der Waals surface area contributed by atoms with Gasteiger partial charge in [-0.1, -0.05) is 152 Å². The summed E-state index contributed by atoms with van der Waals surface area (Å²) in [5, 5.41) is 13.0. The zero-order valence-corrected chi connectivity index (χ0v) is 29.8. The number of para-hydroxylation sites is 1. The van der Waals surface area contributed by atoms with Crippen LogP contribution in [-0.4, -0.2) is 4.57 Å². The maximum absolute atomic E-state index is 2.46. The average Bonchev–Trinajstić information content (AvgIpc) is 3.75. The van der Waals surface area contributed by atoms with E-state index in [4.69, 9.17) is 0 Å². The lowest BCUT2D eigenvalue weighted by Gasteiger charge is -2.12. The topological polar surface area (TPSA) is 4.93 Å². The molecule has 0 N–H and O–H groups in total. The molecule has 0 aliphatic rings. The quantitative estimate of drug-likeness (QED) is 0.125. The monoisotopic (exact) mass is 691 g/mol. The summed E-state index contributed by atoms with van der Waals surface area (Å²) in [6.07, 6.45) is 3.20. The smallest absolute Gasteiger partial charge is 0.0543 e. The van der Waals surface area contributed by atoms with E-state index in [1.54, 1.807) is 0 Å². The van der Waals surface area contributed by atoms with E-state index in [0.29, 0.717) is 0 Å². The Hall–Kier alpha value is -6.48. The van der Waals surface area contributed by atoms with Gasteiger partial charge in [-0.15, -0.1) is 11.3 Å². The van der Waals surface area contributed by atoms with Crippen LogP contribution in [0, 0.1) is 0 Å². The summed E-state index contributed by atoms with van der Waals surface area (Å²) in [5.74, 6) is 0. The van der Waals surface area contributed by atoms with Gasteiger partial charge < -0.3 is 4.57 Å². The Bertz CT molecular complexity index is 3250. The average molecular weight is 692 g/mol. The van der Waals surface area contributed by atoms with Crippen molar-refractivity contribution in [3.63, 3.8) is 0 Å². The molecule has 2 heteroatoms. The number of fused-ring (bicyclic) bond motifs is 11. The molecule has 0 saturated heterocycles. The van der Waals surface area contributed by atoms with Gasteiger partial charge in [0.2, 0.25) is 0 Å². The number of hydrogen-bond acceptors (Lipinski definition) is 1. The van der Waals surface area contributed by atoms with Gasteiger partial charge in [-0.05, 0) is 97.4 Å². The van der Waals surface area contributed by atoms with Crippen molar-refractivity contribution < 1.29 is 0 Å². The van der Waals surface area contributed by atoms with Gasteiger partial charge in [-0.25, -0.2) is 0 Å². The fourth-order valence-electron chi connectivity index (χ4n) is 8.50. The molecule has 53 heavy (non-hydrogen) atoms. The molecule has 9 aromatic carbocycles. The highest BCUT2D eigenvalue weighted by molar-refractivity contribution is 7.25. The molecule has 0 fully saturated rings. The fraction of sp³-hybridized carbons (Fsp3) is 0.0196. The van der Waals surface area contributed by atoms with E-state index in [-0.39, 0.29) is 0 Å². The van der Waals surface area contributed by atoms with E-state index in [0.717, 1.165) is 6.42 Å². The molecule has 11 rings (SSSR count). The normalized spacial score (nSPS) is 12.3. The van der Waals surface area contributed by atoms with Crippen molar-refractivity contribution in [1.82, 2.24) is 4.57 Å². The lowest BCUT2D eigenvalue weighted by atomic mass is 9.93. The number of benzene rings is 9. The van der Waals surface area contributed by atoms with Gasteiger partial charge in [0.1, 0.15) is 0 Å². The second kappa shape index (κ2) is 12.1. The minimum absolute atomic E-state index is 0.818. The SMILES string of the molecule is C(=C(\Cc1ccc2c3ccccc3n(-c3ccc4c(c3)sc3ccccc34)c2c1)c1ccccc1)/c1ccc2c(ccc3c4ccccc4ccc23)c1. The predicted octanol–water partition coefficient (Wildman–Crippen LogP) is 14.4. The summed E-state index contributed by atoms with van der Waals surface area (Å²) in [7, 11) is 0. The maximum atomic E-state index is 2.46. The third-order valence-corrected chi connectivity index (χ3v) is 12.1. The van der Waals surface area contributed by atoms with E-state index in [1.807, 2.05) is 11.3 Å². The van der Waals surface area contributed by atoms with E-state index in [9.17, 15) is 0 Å². The minimum Gasteiger partial charge on any atom is -0.309 e. The van der Waals surface area contributed by atoms with Crippen LogP contribution >= 0.6 is 11.3 Å². The number of rotatable bonds is 5. The van der Waals surface area contributed by atoms with Crippen molar-refractivity contribution in [2.45, 2.75) is 6.42 Å². The van der Waals surface area contributed by atoms with Crippen LogP contribution in [-0.2, 0) is 6.42 Å². The van der Waals surface area contributed by atoms with Crippen molar-refractivity contribution in [3.05, 3.63) is 199 Å². The molecule has 248 valence electrons. The van der Waals surface area contributed by atoms with E-state index < -0.39 is 0 Å². The third kappa shape index (κ3) is 4.98. The Morgan fingerprint density at radius 2 is 1.08 bits per heavy atom. The molecular weight excluding hydrogens is 659 g/mol. The number of hydrogen-bond donors (Lipinski definition) is 0. The second-order valence-corrected chi connectivity index (χ2v) is 15.2. The zero-order valence-electron chi connectivity index (χ0n) is 29.0. The highest BCUT2D eigenvalue weighted by Gasteiger charge is 2.15. The first-order valence-corrected chi connectivity index (χ1v) is 19.1. The van der Waals surface area contributed by atoms with Crippen molar-refractivity contribution in [1.29, 1.82) is 0 Å². The number of thiophene rings is 1. The summed E-state index contributed by atoms with van der Waals surface area (Å²) in [6, 6.07) is 67.2. The Kier molecular flexibility index (Phi) is 6.86. The molecule has 2 aromatic heterocycles. The number of nitrogens with zero attached hydrogens (tertiary/aromatic N) is 1. The molecule has 0 bridgehead atoms. The van der Waals surface area contributed by atoms with E-state index >= 15 is 0 Å². The van der Waals surface area contributed by atoms with Crippen LogP contribution in [0.3, 0.4) is 0 Å². The summed E-state index contributed by atoms with van der Waals surface area (Å²) in [5.41, 5.74) is 8.71. The first-order chi connectivity index (χ1) is 26.2. The van der Waals surface area contributed by atoms with Crippen molar-refractivity contribution in [2.75, 3.05) is 0 Å². The predicted molar refractivity (Wildman–Crippen MR) is 231 cm³/mol. The Morgan fingerprint density at radius 1 is 0.434 bits per heavy atom. The summed E-state index contributed by atoms with van der Waals surface area (Å²) in [6.45, 7) is 0. The van der Waals surface area contributed by atoms with Gasteiger partial charge >= 0.3 is 0 Å². The van der Waals surface area contributed by atoms with Crippen LogP contribution in [0.15, 0.2) is 182 Å². The van der Waals surface area contributed by atoms with Crippen LogP contribution in [0.4, 0.5) is 0 Å². The van der Waals surface area contributed by atoms with Crippen LogP contribution in [0.25, 0.3) is 91.6 Å². The molecule has 0 atom stereocenters. The molecular formula is C51H33NS. The van der Waals surface area contributed by atoms with Crippen molar-refractivity contribution in [2.24, 2.45) is 0 Å². The summed E-state index contributed by atoms with van der Waals surface area (Å²) >= 11 is 1.87. The van der Waals surface area contributed by atoms with Crippen LogP contribution in [0.1, 0.15) is 16.7 Å². The first-order valence-electron chi connectivity index (χ1n) is 18.3. The molecule has 0 aliphatic carbocycles. The van der Waals surface area contributed by atoms with Gasteiger partial charge in [0.05, 0.1) is 11.0 Å². The Morgan fingerprint density at radius 3 is 1.96 bits per heavy atom. The van der Waals surface area contributed by atoms with E-state index in [2.05, 4.69) is 193 Å². The molecule has 0 saturated carbocycles. The lowest BCUT2D eigenvalue weighted by molar-refractivity contribution is 1.18. The second-order valence-electron chi connectivity index (χ2n) is 14.1. The van der Waals surface area contributed by atoms with Crippen LogP contribution in [0.2, 0.25) is 0 Å². The molecule has 2 heterocycles.